The molecule has 0 bridgehead atoms. The Balaban J connectivity index is 3.14. The average Bonchev–Trinajstić information content (AvgIpc) is 2.50. The maximum Gasteiger partial charge on any atom is 0.342 e. The van der Waals surface area contributed by atoms with Crippen molar-refractivity contribution in [2.24, 2.45) is 11.5 Å². The number of rotatable bonds is 8. The molecule has 7 N–H and O–H groups in total. The molecule has 0 heterocycles. The number of nitrogens with two attached hydrogens (primary N) is 2. The number of benzene rings is 1. The first-order valence-corrected chi connectivity index (χ1v) is 7.69. The zero-order valence-electron chi connectivity index (χ0n) is 12.4. The minimum Gasteiger partial charge on any atom is -0.479 e. The highest BCUT2D eigenvalue weighted by Crippen LogP contribution is 2.23. The molecule has 1 aromatic carbocycles. The van der Waals surface area contributed by atoms with E-state index in [0.29, 0.717) is 5.56 Å². The van der Waals surface area contributed by atoms with Crippen LogP contribution in [0.4, 0.5) is 0 Å². The number of carboxylic acids is 1. The second-order valence-electron chi connectivity index (χ2n) is 4.86. The van der Waals surface area contributed by atoms with Crippen LogP contribution in [0.3, 0.4) is 0 Å². The predicted octanol–water partition coefficient (Wildman–Crippen LogP) is -0.697. The Morgan fingerprint density at radius 3 is 2.30 bits per heavy atom. The maximum atomic E-state index is 12.3. The number of carbonyl (C=O) groups is 2. The summed E-state index contributed by atoms with van der Waals surface area (Å²) in [5.74, 6) is -3.17. The van der Waals surface area contributed by atoms with Gasteiger partial charge in [0.25, 0.3) is 5.54 Å². The second kappa shape index (κ2) is 7.62. The Bertz CT molecular complexity index is 595. The van der Waals surface area contributed by atoms with Gasteiger partial charge in [0.1, 0.15) is 12.3 Å². The van der Waals surface area contributed by atoms with Crippen molar-refractivity contribution in [3.8, 4) is 0 Å². The number of ether oxygens (including phenoxy) is 1. The van der Waals surface area contributed by atoms with Crippen molar-refractivity contribution in [1.29, 1.82) is 0 Å². The summed E-state index contributed by atoms with van der Waals surface area (Å²) >= 11 is -2.86. The van der Waals surface area contributed by atoms with Crippen molar-refractivity contribution in [3.05, 3.63) is 35.9 Å². The molecule has 1 rings (SSSR count). The molecule has 0 aromatic heterocycles. The van der Waals surface area contributed by atoms with Crippen LogP contribution in [0.2, 0.25) is 0 Å². The number of hydrogen-bond acceptors (Lipinski definition) is 6. The monoisotopic (exact) mass is 345 g/mol. The molecule has 0 aliphatic carbocycles. The molecule has 9 nitrogen and oxygen atoms in total. The molecule has 0 aliphatic heterocycles. The highest BCUT2D eigenvalue weighted by molar-refractivity contribution is 7.77. The predicted molar refractivity (Wildman–Crippen MR) is 81.9 cm³/mol. The van der Waals surface area contributed by atoms with E-state index in [1.54, 1.807) is 35.1 Å². The van der Waals surface area contributed by atoms with Gasteiger partial charge in [0, 0.05) is 0 Å². The van der Waals surface area contributed by atoms with E-state index in [-0.39, 0.29) is 13.0 Å². The molecule has 0 fully saturated rings. The first kappa shape index (κ1) is 19.2. The van der Waals surface area contributed by atoms with Gasteiger partial charge in [0.05, 0.1) is 0 Å². The molecule has 0 spiro atoms. The van der Waals surface area contributed by atoms with Gasteiger partial charge in [-0.1, -0.05) is 37.3 Å². The lowest BCUT2D eigenvalue weighted by Gasteiger charge is -2.39. The SMILES string of the molecule is CCC(N)(N)[C@](NS(=O)O)(C(=O)O)C(=O)OCc1ccccc1. The van der Waals surface area contributed by atoms with E-state index < -0.39 is 34.4 Å². The highest BCUT2D eigenvalue weighted by Gasteiger charge is 2.61. The first-order valence-electron chi connectivity index (χ1n) is 6.58. The summed E-state index contributed by atoms with van der Waals surface area (Å²) in [5, 5.41) is 9.44. The molecule has 23 heavy (non-hydrogen) atoms. The van der Waals surface area contributed by atoms with Gasteiger partial charge in [-0.25, -0.2) is 13.8 Å². The van der Waals surface area contributed by atoms with Crippen molar-refractivity contribution in [1.82, 2.24) is 4.72 Å². The third-order valence-electron chi connectivity index (χ3n) is 3.36. The second-order valence-corrected chi connectivity index (χ2v) is 5.56. The minimum absolute atomic E-state index is 0.177. The van der Waals surface area contributed by atoms with Gasteiger partial charge in [-0.05, 0) is 12.0 Å². The van der Waals surface area contributed by atoms with E-state index in [0.717, 1.165) is 0 Å². The minimum atomic E-state index is -2.86. The van der Waals surface area contributed by atoms with E-state index in [1.807, 2.05) is 0 Å². The number of carboxylic acid groups (broad SMARTS) is 1. The number of nitrogens with one attached hydrogen (secondary N) is 1. The molecule has 1 unspecified atom stereocenters. The molecule has 0 aliphatic rings. The molecule has 0 amide bonds. The van der Waals surface area contributed by atoms with Crippen molar-refractivity contribution in [2.75, 3.05) is 0 Å². The lowest BCUT2D eigenvalue weighted by Crippen LogP contribution is -2.79. The number of aliphatic carboxylic acids is 1. The van der Waals surface area contributed by atoms with Crippen LogP contribution in [0.15, 0.2) is 30.3 Å². The summed E-state index contributed by atoms with van der Waals surface area (Å²) < 4.78 is 26.8. The molecule has 0 radical (unpaired) electrons. The van der Waals surface area contributed by atoms with E-state index in [1.165, 1.54) is 6.92 Å². The van der Waals surface area contributed by atoms with Gasteiger partial charge in [-0.2, -0.15) is 4.72 Å². The van der Waals surface area contributed by atoms with Gasteiger partial charge >= 0.3 is 11.9 Å². The van der Waals surface area contributed by atoms with Crippen LogP contribution in [0, 0.1) is 0 Å². The number of hydrogen-bond donors (Lipinski definition) is 5. The third kappa shape index (κ3) is 4.12. The molecule has 2 atom stereocenters. The van der Waals surface area contributed by atoms with E-state index in [2.05, 4.69) is 0 Å². The van der Waals surface area contributed by atoms with Gasteiger partial charge in [0.2, 0.25) is 11.3 Å². The molecular weight excluding hydrogens is 326 g/mol. The van der Waals surface area contributed by atoms with Crippen LogP contribution in [0.25, 0.3) is 0 Å². The summed E-state index contributed by atoms with van der Waals surface area (Å²) in [7, 11) is 0. The lowest BCUT2D eigenvalue weighted by molar-refractivity contribution is -0.167. The molecule has 1 aromatic rings. The summed E-state index contributed by atoms with van der Waals surface area (Å²) in [6.07, 6.45) is -0.177. The Hall–Kier alpha value is -1.85. The van der Waals surface area contributed by atoms with Crippen LogP contribution in [0.1, 0.15) is 18.9 Å². The third-order valence-corrected chi connectivity index (χ3v) is 3.84. The largest absolute Gasteiger partial charge is 0.479 e. The first-order chi connectivity index (χ1) is 10.7. The van der Waals surface area contributed by atoms with Crippen LogP contribution in [0.5, 0.6) is 0 Å². The van der Waals surface area contributed by atoms with E-state index in [9.17, 15) is 18.9 Å². The summed E-state index contributed by atoms with van der Waals surface area (Å²) in [6.45, 7) is 1.19. The lowest BCUT2D eigenvalue weighted by atomic mass is 9.83. The fourth-order valence-electron chi connectivity index (χ4n) is 1.88. The molecular formula is C13H19N3O6S. The van der Waals surface area contributed by atoms with Gasteiger partial charge in [-0.3, -0.25) is 4.55 Å². The number of esters is 1. The smallest absolute Gasteiger partial charge is 0.342 e. The van der Waals surface area contributed by atoms with Crippen LogP contribution in [-0.2, 0) is 32.2 Å². The molecule has 0 saturated heterocycles. The zero-order chi connectivity index (χ0) is 17.7. The van der Waals surface area contributed by atoms with Crippen molar-refractivity contribution < 1.29 is 28.2 Å². The van der Waals surface area contributed by atoms with Crippen molar-refractivity contribution in [2.45, 2.75) is 31.2 Å². The Kier molecular flexibility index (Phi) is 6.36. The quantitative estimate of drug-likeness (QED) is 0.179. The Labute approximate surface area is 135 Å². The standard InChI is InChI=1S/C13H19N3O6S/c1-2-12(14,15)13(10(17)18,16-23(20)21)11(19)22-8-9-6-4-3-5-7-9/h3-7,16H,2,8,14-15H2,1H3,(H,17,18)(H,20,21)/t13-/m0/s1. The average molecular weight is 345 g/mol. The molecule has 128 valence electrons. The number of carbonyl (C=O) groups excluding carboxylic acids is 1. The fraction of sp³-hybridized carbons (Fsp3) is 0.385. The van der Waals surface area contributed by atoms with Gasteiger partial charge in [-0.15, -0.1) is 0 Å². The van der Waals surface area contributed by atoms with E-state index >= 15 is 0 Å². The highest BCUT2D eigenvalue weighted by atomic mass is 32.2. The Morgan fingerprint density at radius 2 is 1.87 bits per heavy atom. The summed E-state index contributed by atoms with van der Waals surface area (Å²) in [5.41, 5.74) is 7.06. The van der Waals surface area contributed by atoms with E-state index in [4.69, 9.17) is 20.8 Å². The maximum absolute atomic E-state index is 12.3. The summed E-state index contributed by atoms with van der Waals surface area (Å²) in [4.78, 5) is 24.0. The molecule has 0 saturated carbocycles. The topological polar surface area (TPSA) is 165 Å². The van der Waals surface area contributed by atoms with Crippen molar-refractivity contribution >= 4 is 23.2 Å². The summed E-state index contributed by atoms with van der Waals surface area (Å²) in [6, 6.07) is 8.48. The van der Waals surface area contributed by atoms with Crippen molar-refractivity contribution in [3.63, 3.8) is 0 Å². The van der Waals surface area contributed by atoms with Crippen LogP contribution in [-0.4, -0.2) is 37.0 Å². The normalized spacial score (nSPS) is 15.5. The molecule has 10 heteroatoms. The Morgan fingerprint density at radius 1 is 1.30 bits per heavy atom. The zero-order valence-corrected chi connectivity index (χ0v) is 13.2. The fourth-order valence-corrected chi connectivity index (χ4v) is 2.51. The van der Waals surface area contributed by atoms with Gasteiger partial charge < -0.3 is 21.3 Å². The van der Waals surface area contributed by atoms with Crippen LogP contribution >= 0.6 is 0 Å². The van der Waals surface area contributed by atoms with Crippen LogP contribution < -0.4 is 16.2 Å². The van der Waals surface area contributed by atoms with Gasteiger partial charge in [0.15, 0.2) is 0 Å².